The van der Waals surface area contributed by atoms with Crippen LogP contribution in [0.3, 0.4) is 0 Å². The van der Waals surface area contributed by atoms with E-state index in [0.717, 1.165) is 38.9 Å². The zero-order valence-electron chi connectivity index (χ0n) is 11.7. The fraction of sp³-hybridized carbons (Fsp3) is 0.833. The van der Waals surface area contributed by atoms with Gasteiger partial charge in [-0.3, -0.25) is 4.79 Å². The number of nitrogens with zero attached hydrogens (tertiary/aromatic N) is 1. The van der Waals surface area contributed by atoms with Crippen molar-refractivity contribution in [1.29, 1.82) is 0 Å². The lowest BCUT2D eigenvalue weighted by Crippen LogP contribution is -2.45. The van der Waals surface area contributed by atoms with Gasteiger partial charge in [-0.25, -0.2) is 4.79 Å². The summed E-state index contributed by atoms with van der Waals surface area (Å²) in [6.45, 7) is 6.82. The molecule has 0 spiro atoms. The van der Waals surface area contributed by atoms with Crippen molar-refractivity contribution in [3.05, 3.63) is 0 Å². The summed E-state index contributed by atoms with van der Waals surface area (Å²) in [5, 5.41) is 10.4. The lowest BCUT2D eigenvalue weighted by Gasteiger charge is -2.33. The van der Waals surface area contributed by atoms with E-state index in [0.29, 0.717) is 6.04 Å². The number of carboxylic acid groups (broad SMARTS) is 1. The monoisotopic (exact) mass is 298 g/mol. The minimum Gasteiger partial charge on any atom is -0.475 e. The van der Waals surface area contributed by atoms with Crippen molar-refractivity contribution in [3.8, 4) is 0 Å². The van der Waals surface area contributed by atoms with Crippen LogP contribution in [0.25, 0.3) is 0 Å². The molecule has 0 aromatic carbocycles. The van der Waals surface area contributed by atoms with Crippen molar-refractivity contribution >= 4 is 11.9 Å². The Kier molecular flexibility index (Phi) is 8.21. The van der Waals surface area contributed by atoms with Crippen molar-refractivity contribution in [2.24, 2.45) is 0 Å². The number of nitrogens with one attached hydrogen (secondary N) is 1. The Hall–Kier alpha value is -1.31. The van der Waals surface area contributed by atoms with Crippen LogP contribution < -0.4 is 5.32 Å². The average Bonchev–Trinajstić information content (AvgIpc) is 2.36. The van der Waals surface area contributed by atoms with E-state index in [9.17, 15) is 18.0 Å². The van der Waals surface area contributed by atoms with Crippen molar-refractivity contribution in [1.82, 2.24) is 10.2 Å². The molecule has 1 saturated heterocycles. The van der Waals surface area contributed by atoms with Gasteiger partial charge in [0.25, 0.3) is 0 Å². The van der Waals surface area contributed by atoms with Crippen LogP contribution in [0.5, 0.6) is 0 Å². The number of aliphatic carboxylic acids is 1. The molecule has 1 aliphatic heterocycles. The van der Waals surface area contributed by atoms with E-state index in [2.05, 4.69) is 12.2 Å². The summed E-state index contributed by atoms with van der Waals surface area (Å²) in [5.41, 5.74) is 0. The van der Waals surface area contributed by atoms with Gasteiger partial charge in [-0.15, -0.1) is 0 Å². The Morgan fingerprint density at radius 1 is 1.30 bits per heavy atom. The molecule has 1 amide bonds. The molecule has 1 rings (SSSR count). The zero-order chi connectivity index (χ0) is 15.8. The third-order valence-electron chi connectivity index (χ3n) is 2.86. The summed E-state index contributed by atoms with van der Waals surface area (Å²) < 4.78 is 31.7. The van der Waals surface area contributed by atoms with Gasteiger partial charge in [0.2, 0.25) is 5.91 Å². The van der Waals surface area contributed by atoms with E-state index in [-0.39, 0.29) is 5.91 Å². The van der Waals surface area contributed by atoms with Gasteiger partial charge in [-0.2, -0.15) is 13.2 Å². The Morgan fingerprint density at radius 3 is 2.05 bits per heavy atom. The zero-order valence-corrected chi connectivity index (χ0v) is 11.7. The standard InChI is InChI=1S/C10H20N2O.C2HF3O2/c1-3-8-12(9(2)13)10-4-6-11-7-5-10;3-2(4,5)1(6)7/h10-11H,3-8H2,1-2H3;(H,6,7). The van der Waals surface area contributed by atoms with Crippen molar-refractivity contribution < 1.29 is 27.9 Å². The molecule has 2 N–H and O–H groups in total. The second kappa shape index (κ2) is 8.78. The SMILES string of the molecule is CCCN(C(C)=O)C1CCNCC1.O=C(O)C(F)(F)F. The van der Waals surface area contributed by atoms with Gasteiger partial charge in [0.15, 0.2) is 0 Å². The second-order valence-corrected chi connectivity index (χ2v) is 4.50. The molecule has 0 aromatic rings. The first-order valence-electron chi connectivity index (χ1n) is 6.48. The van der Waals surface area contributed by atoms with Crippen LogP contribution in [-0.4, -0.2) is 53.7 Å². The molecule has 1 fully saturated rings. The normalized spacial score (nSPS) is 16.1. The maximum atomic E-state index is 11.3. The van der Waals surface area contributed by atoms with Crippen molar-refractivity contribution in [2.75, 3.05) is 19.6 Å². The highest BCUT2D eigenvalue weighted by atomic mass is 19.4. The summed E-state index contributed by atoms with van der Waals surface area (Å²) in [7, 11) is 0. The first-order valence-corrected chi connectivity index (χ1v) is 6.48. The number of hydrogen-bond donors (Lipinski definition) is 2. The molecule has 8 heteroatoms. The molecule has 0 aromatic heterocycles. The van der Waals surface area contributed by atoms with Crippen molar-refractivity contribution in [2.45, 2.75) is 45.3 Å². The number of carbonyl (C=O) groups excluding carboxylic acids is 1. The maximum absolute atomic E-state index is 11.3. The summed E-state index contributed by atoms with van der Waals surface area (Å²) >= 11 is 0. The van der Waals surface area contributed by atoms with Crippen LogP contribution in [0, 0.1) is 0 Å². The highest BCUT2D eigenvalue weighted by Gasteiger charge is 2.38. The fourth-order valence-corrected chi connectivity index (χ4v) is 1.96. The predicted molar refractivity (Wildman–Crippen MR) is 67.3 cm³/mol. The molecule has 1 aliphatic rings. The van der Waals surface area contributed by atoms with E-state index >= 15 is 0 Å². The van der Waals surface area contributed by atoms with Crippen LogP contribution in [-0.2, 0) is 9.59 Å². The minimum atomic E-state index is -5.08. The lowest BCUT2D eigenvalue weighted by molar-refractivity contribution is -0.192. The van der Waals surface area contributed by atoms with Gasteiger partial charge in [0, 0.05) is 19.5 Å². The third-order valence-corrected chi connectivity index (χ3v) is 2.86. The van der Waals surface area contributed by atoms with Crippen LogP contribution >= 0.6 is 0 Å². The van der Waals surface area contributed by atoms with E-state index in [1.165, 1.54) is 0 Å². The molecular weight excluding hydrogens is 277 g/mol. The third kappa shape index (κ3) is 7.32. The molecule has 20 heavy (non-hydrogen) atoms. The number of amides is 1. The molecule has 0 unspecified atom stereocenters. The topological polar surface area (TPSA) is 69.6 Å². The van der Waals surface area contributed by atoms with Gasteiger partial charge in [0.1, 0.15) is 0 Å². The molecule has 0 radical (unpaired) electrons. The summed E-state index contributed by atoms with van der Waals surface area (Å²) in [6.07, 6.45) is -1.80. The summed E-state index contributed by atoms with van der Waals surface area (Å²) in [4.78, 5) is 22.3. The van der Waals surface area contributed by atoms with Gasteiger partial charge >= 0.3 is 12.1 Å². The fourth-order valence-electron chi connectivity index (χ4n) is 1.96. The molecule has 0 aliphatic carbocycles. The Balaban J connectivity index is 0.000000441. The number of alkyl halides is 3. The quantitative estimate of drug-likeness (QED) is 0.831. The number of piperidine rings is 1. The van der Waals surface area contributed by atoms with Gasteiger partial charge in [-0.05, 0) is 32.4 Å². The molecule has 5 nitrogen and oxygen atoms in total. The van der Waals surface area contributed by atoms with Crippen LogP contribution in [0.1, 0.15) is 33.1 Å². The number of carboxylic acids is 1. The number of rotatable bonds is 3. The van der Waals surface area contributed by atoms with E-state index in [1.54, 1.807) is 6.92 Å². The highest BCUT2D eigenvalue weighted by Crippen LogP contribution is 2.13. The van der Waals surface area contributed by atoms with Gasteiger partial charge in [-0.1, -0.05) is 6.92 Å². The molecule has 0 saturated carbocycles. The van der Waals surface area contributed by atoms with E-state index < -0.39 is 12.1 Å². The largest absolute Gasteiger partial charge is 0.490 e. The molecule has 1 heterocycles. The first kappa shape index (κ1) is 18.7. The summed E-state index contributed by atoms with van der Waals surface area (Å²) in [6, 6.07) is 0.485. The number of carbonyl (C=O) groups is 2. The minimum absolute atomic E-state index is 0.230. The first-order chi connectivity index (χ1) is 9.20. The number of halogens is 3. The lowest BCUT2D eigenvalue weighted by atomic mass is 10.0. The van der Waals surface area contributed by atoms with Gasteiger partial charge < -0.3 is 15.3 Å². The van der Waals surface area contributed by atoms with E-state index in [1.807, 2.05) is 4.90 Å². The molecule has 0 atom stereocenters. The molecule has 0 bridgehead atoms. The van der Waals surface area contributed by atoms with Crippen molar-refractivity contribution in [3.63, 3.8) is 0 Å². The van der Waals surface area contributed by atoms with Crippen LogP contribution in [0.4, 0.5) is 13.2 Å². The smallest absolute Gasteiger partial charge is 0.475 e. The average molecular weight is 298 g/mol. The molecular formula is C12H21F3N2O3. The van der Waals surface area contributed by atoms with Crippen LogP contribution in [0.15, 0.2) is 0 Å². The second-order valence-electron chi connectivity index (χ2n) is 4.50. The highest BCUT2D eigenvalue weighted by molar-refractivity contribution is 5.73. The van der Waals surface area contributed by atoms with Crippen LogP contribution in [0.2, 0.25) is 0 Å². The Labute approximate surface area is 116 Å². The Bertz CT molecular complexity index is 316. The number of hydrogen-bond acceptors (Lipinski definition) is 3. The maximum Gasteiger partial charge on any atom is 0.490 e. The van der Waals surface area contributed by atoms with E-state index in [4.69, 9.17) is 9.90 Å². The Morgan fingerprint density at radius 2 is 1.75 bits per heavy atom. The molecule has 118 valence electrons. The predicted octanol–water partition coefficient (Wildman–Crippen LogP) is 1.63. The summed E-state index contributed by atoms with van der Waals surface area (Å²) in [5.74, 6) is -2.53. The van der Waals surface area contributed by atoms with Gasteiger partial charge in [0.05, 0.1) is 0 Å².